The zero-order valence-corrected chi connectivity index (χ0v) is 13.9. The molecule has 3 heterocycles. The number of aromatic amines is 1. The first-order chi connectivity index (χ1) is 10.3. The van der Waals surface area contributed by atoms with Crippen LogP contribution in [-0.2, 0) is 0 Å². The van der Waals surface area contributed by atoms with Gasteiger partial charge in [-0.25, -0.2) is 9.97 Å². The number of aromatic nitrogens is 3. The van der Waals surface area contributed by atoms with E-state index in [1.165, 1.54) is 18.4 Å². The van der Waals surface area contributed by atoms with Crippen LogP contribution in [0.2, 0.25) is 0 Å². The highest BCUT2D eigenvalue weighted by molar-refractivity contribution is 5.91. The molecule has 0 radical (unpaired) electrons. The van der Waals surface area contributed by atoms with E-state index in [1.54, 1.807) is 0 Å². The first-order valence-electron chi connectivity index (χ1n) is 7.49. The second-order valence-electron chi connectivity index (χ2n) is 5.60. The SMILES string of the molecule is Cc1nc(N2CCCC2)c2[nH]c(-c3ccccc3)cc2n1.Cl.O. The van der Waals surface area contributed by atoms with E-state index in [0.29, 0.717) is 0 Å². The summed E-state index contributed by atoms with van der Waals surface area (Å²) in [5, 5.41) is 0. The van der Waals surface area contributed by atoms with Crippen molar-refractivity contribution >= 4 is 29.3 Å². The molecule has 3 N–H and O–H groups in total. The first kappa shape index (κ1) is 17.2. The highest BCUT2D eigenvalue weighted by atomic mass is 35.5. The Morgan fingerprint density at radius 3 is 2.43 bits per heavy atom. The van der Waals surface area contributed by atoms with Crippen LogP contribution in [0.15, 0.2) is 36.4 Å². The molecule has 0 amide bonds. The average molecular weight is 333 g/mol. The molecule has 0 unspecified atom stereocenters. The zero-order valence-electron chi connectivity index (χ0n) is 13.0. The minimum Gasteiger partial charge on any atom is -0.412 e. The minimum absolute atomic E-state index is 0. The van der Waals surface area contributed by atoms with Crippen LogP contribution < -0.4 is 4.90 Å². The van der Waals surface area contributed by atoms with E-state index in [-0.39, 0.29) is 17.9 Å². The molecule has 2 aromatic heterocycles. The third kappa shape index (κ3) is 3.16. The van der Waals surface area contributed by atoms with Crippen molar-refractivity contribution in [2.75, 3.05) is 18.0 Å². The van der Waals surface area contributed by atoms with E-state index < -0.39 is 0 Å². The van der Waals surface area contributed by atoms with Crippen LogP contribution in [0.4, 0.5) is 5.82 Å². The van der Waals surface area contributed by atoms with Crippen molar-refractivity contribution in [1.29, 1.82) is 0 Å². The van der Waals surface area contributed by atoms with Crippen LogP contribution in [0.25, 0.3) is 22.3 Å². The molecule has 3 aromatic rings. The van der Waals surface area contributed by atoms with E-state index >= 15 is 0 Å². The van der Waals surface area contributed by atoms with Gasteiger partial charge in [-0.3, -0.25) is 0 Å². The molecule has 0 aliphatic carbocycles. The van der Waals surface area contributed by atoms with E-state index in [0.717, 1.165) is 41.5 Å². The van der Waals surface area contributed by atoms with Crippen LogP contribution in [0, 0.1) is 6.92 Å². The predicted molar refractivity (Wildman–Crippen MR) is 96.4 cm³/mol. The number of anilines is 1. The molecule has 5 nitrogen and oxygen atoms in total. The van der Waals surface area contributed by atoms with Crippen LogP contribution in [0.3, 0.4) is 0 Å². The van der Waals surface area contributed by atoms with Crippen molar-refractivity contribution in [2.24, 2.45) is 0 Å². The number of rotatable bonds is 2. The van der Waals surface area contributed by atoms with Gasteiger partial charge in [-0.2, -0.15) is 0 Å². The molecule has 4 rings (SSSR count). The number of aryl methyl sites for hydroxylation is 1. The number of fused-ring (bicyclic) bond motifs is 1. The molecular formula is C17H21ClN4O. The molecule has 0 spiro atoms. The van der Waals surface area contributed by atoms with E-state index in [2.05, 4.69) is 50.2 Å². The minimum atomic E-state index is 0. The Morgan fingerprint density at radius 1 is 1.04 bits per heavy atom. The summed E-state index contributed by atoms with van der Waals surface area (Å²) in [6, 6.07) is 12.5. The number of halogens is 1. The summed E-state index contributed by atoms with van der Waals surface area (Å²) < 4.78 is 0. The Bertz CT molecular complexity index is 782. The van der Waals surface area contributed by atoms with Crippen molar-refractivity contribution in [2.45, 2.75) is 19.8 Å². The van der Waals surface area contributed by atoms with E-state index in [9.17, 15) is 0 Å². The van der Waals surface area contributed by atoms with Crippen LogP contribution in [0.5, 0.6) is 0 Å². The summed E-state index contributed by atoms with van der Waals surface area (Å²) in [5.41, 5.74) is 4.34. The molecule has 1 fully saturated rings. The summed E-state index contributed by atoms with van der Waals surface area (Å²) >= 11 is 0. The number of nitrogens with one attached hydrogen (secondary N) is 1. The maximum absolute atomic E-state index is 4.67. The zero-order chi connectivity index (χ0) is 14.2. The van der Waals surface area contributed by atoms with Crippen molar-refractivity contribution in [3.63, 3.8) is 0 Å². The van der Waals surface area contributed by atoms with Crippen molar-refractivity contribution in [3.8, 4) is 11.3 Å². The Balaban J connectivity index is 0.000000960. The van der Waals surface area contributed by atoms with Crippen LogP contribution in [-0.4, -0.2) is 33.5 Å². The van der Waals surface area contributed by atoms with Gasteiger partial charge in [-0.1, -0.05) is 30.3 Å². The molecule has 122 valence electrons. The van der Waals surface area contributed by atoms with Gasteiger partial charge < -0.3 is 15.4 Å². The fourth-order valence-corrected chi connectivity index (χ4v) is 3.04. The number of hydrogen-bond acceptors (Lipinski definition) is 3. The van der Waals surface area contributed by atoms with Gasteiger partial charge in [0.15, 0.2) is 5.82 Å². The van der Waals surface area contributed by atoms with Gasteiger partial charge in [0.25, 0.3) is 0 Å². The van der Waals surface area contributed by atoms with Gasteiger partial charge in [0.2, 0.25) is 0 Å². The maximum atomic E-state index is 4.67. The van der Waals surface area contributed by atoms with E-state index in [1.807, 2.05) is 13.0 Å². The van der Waals surface area contributed by atoms with Crippen molar-refractivity contribution < 1.29 is 5.48 Å². The Hall–Kier alpha value is -2.11. The fraction of sp³-hybridized carbons (Fsp3) is 0.294. The molecule has 1 saturated heterocycles. The van der Waals surface area contributed by atoms with Gasteiger partial charge in [-0.05, 0) is 31.4 Å². The normalized spacial score (nSPS) is 13.7. The summed E-state index contributed by atoms with van der Waals surface area (Å²) in [6.07, 6.45) is 2.49. The van der Waals surface area contributed by atoms with Crippen molar-refractivity contribution in [1.82, 2.24) is 15.0 Å². The quantitative estimate of drug-likeness (QED) is 0.783. The van der Waals surface area contributed by atoms with Crippen LogP contribution >= 0.6 is 12.4 Å². The number of benzene rings is 1. The van der Waals surface area contributed by atoms with Gasteiger partial charge in [0.05, 0.1) is 5.52 Å². The first-order valence-corrected chi connectivity index (χ1v) is 7.49. The van der Waals surface area contributed by atoms with Gasteiger partial charge in [-0.15, -0.1) is 12.4 Å². The molecule has 1 aliphatic heterocycles. The number of H-pyrrole nitrogens is 1. The second-order valence-corrected chi connectivity index (χ2v) is 5.60. The predicted octanol–water partition coefficient (Wildman–Crippen LogP) is 3.13. The lowest BCUT2D eigenvalue weighted by Gasteiger charge is -2.17. The standard InChI is InChI=1S/C17H18N4.ClH.H2O/c1-12-18-15-11-14(13-7-3-2-4-8-13)20-16(15)17(19-12)21-9-5-6-10-21;;/h2-4,7-8,11,20H,5-6,9-10H2,1H3;1H;1H2. The lowest BCUT2D eigenvalue weighted by Crippen LogP contribution is -2.20. The summed E-state index contributed by atoms with van der Waals surface area (Å²) in [7, 11) is 0. The Labute approximate surface area is 141 Å². The third-order valence-corrected chi connectivity index (χ3v) is 4.06. The smallest absolute Gasteiger partial charge is 0.156 e. The number of nitrogens with zero attached hydrogens (tertiary/aromatic N) is 3. The lowest BCUT2D eigenvalue weighted by molar-refractivity contribution is 0.824. The summed E-state index contributed by atoms with van der Waals surface area (Å²) in [5.74, 6) is 1.89. The van der Waals surface area contributed by atoms with Crippen LogP contribution in [0.1, 0.15) is 18.7 Å². The number of hydrogen-bond donors (Lipinski definition) is 1. The second kappa shape index (κ2) is 6.98. The molecular weight excluding hydrogens is 312 g/mol. The largest absolute Gasteiger partial charge is 0.412 e. The van der Waals surface area contributed by atoms with Crippen molar-refractivity contribution in [3.05, 3.63) is 42.2 Å². The summed E-state index contributed by atoms with van der Waals surface area (Å²) in [4.78, 5) is 15.1. The lowest BCUT2D eigenvalue weighted by atomic mass is 10.2. The van der Waals surface area contributed by atoms with Gasteiger partial charge in [0, 0.05) is 18.8 Å². The molecule has 0 atom stereocenters. The molecule has 6 heteroatoms. The molecule has 0 bridgehead atoms. The van der Waals surface area contributed by atoms with E-state index in [4.69, 9.17) is 0 Å². The highest BCUT2D eigenvalue weighted by Gasteiger charge is 2.19. The molecule has 23 heavy (non-hydrogen) atoms. The monoisotopic (exact) mass is 332 g/mol. The topological polar surface area (TPSA) is 76.3 Å². The average Bonchev–Trinajstić information content (AvgIpc) is 3.16. The highest BCUT2D eigenvalue weighted by Crippen LogP contribution is 2.30. The molecule has 1 aliphatic rings. The fourth-order valence-electron chi connectivity index (χ4n) is 3.04. The molecule has 1 aromatic carbocycles. The Morgan fingerprint density at radius 2 is 1.74 bits per heavy atom. The van der Waals surface area contributed by atoms with Gasteiger partial charge in [0.1, 0.15) is 11.3 Å². The van der Waals surface area contributed by atoms with Gasteiger partial charge >= 0.3 is 0 Å². The third-order valence-electron chi connectivity index (χ3n) is 4.06. The Kier molecular flexibility index (Phi) is 5.23. The molecule has 0 saturated carbocycles. The summed E-state index contributed by atoms with van der Waals surface area (Å²) in [6.45, 7) is 4.14. The maximum Gasteiger partial charge on any atom is 0.156 e.